The topological polar surface area (TPSA) is 76.6 Å². The van der Waals surface area contributed by atoms with Crippen molar-refractivity contribution in [1.82, 2.24) is 10.2 Å². The van der Waals surface area contributed by atoms with Crippen molar-refractivity contribution in [2.45, 2.75) is 12.8 Å². The van der Waals surface area contributed by atoms with Crippen molar-refractivity contribution in [2.24, 2.45) is 5.92 Å². The van der Waals surface area contributed by atoms with Crippen LogP contribution in [0.4, 0.5) is 11.5 Å². The van der Waals surface area contributed by atoms with Gasteiger partial charge in [0.25, 0.3) is 0 Å². The molecule has 0 radical (unpaired) electrons. The van der Waals surface area contributed by atoms with Crippen LogP contribution in [-0.4, -0.2) is 43.4 Å². The summed E-state index contributed by atoms with van der Waals surface area (Å²) in [6.07, 6.45) is 1.76. The highest BCUT2D eigenvalue weighted by Gasteiger charge is 2.27. The first-order valence-corrected chi connectivity index (χ1v) is 10.7. The van der Waals surface area contributed by atoms with Crippen LogP contribution in [0.1, 0.15) is 12.8 Å². The van der Waals surface area contributed by atoms with Crippen LogP contribution >= 0.6 is 11.3 Å². The van der Waals surface area contributed by atoms with E-state index in [1.165, 1.54) is 0 Å². The molecule has 30 heavy (non-hydrogen) atoms. The van der Waals surface area contributed by atoms with Gasteiger partial charge in [-0.25, -0.2) is 0 Å². The number of piperidine rings is 1. The summed E-state index contributed by atoms with van der Waals surface area (Å²) in [5.74, 6) is 1.90. The zero-order valence-electron chi connectivity index (χ0n) is 17.0. The summed E-state index contributed by atoms with van der Waals surface area (Å²) in [6, 6.07) is 13.4. The molecule has 4 rings (SSSR count). The highest BCUT2D eigenvalue weighted by molar-refractivity contribution is 7.13. The van der Waals surface area contributed by atoms with E-state index in [2.05, 4.69) is 20.4 Å². The highest BCUT2D eigenvalue weighted by Crippen LogP contribution is 2.31. The van der Waals surface area contributed by atoms with Crippen molar-refractivity contribution in [1.29, 1.82) is 0 Å². The predicted octanol–water partition coefficient (Wildman–Crippen LogP) is 4.08. The van der Waals surface area contributed by atoms with Crippen molar-refractivity contribution >= 4 is 28.7 Å². The van der Waals surface area contributed by atoms with Crippen LogP contribution in [0, 0.1) is 5.92 Å². The maximum Gasteiger partial charge on any atom is 0.229 e. The van der Waals surface area contributed by atoms with Crippen molar-refractivity contribution < 1.29 is 14.3 Å². The van der Waals surface area contributed by atoms with Crippen molar-refractivity contribution in [3.8, 4) is 22.1 Å². The Bertz CT molecular complexity index is 992. The fourth-order valence-electron chi connectivity index (χ4n) is 3.59. The van der Waals surface area contributed by atoms with Crippen molar-refractivity contribution in [3.05, 3.63) is 47.8 Å². The number of aromatic nitrogens is 2. The standard InChI is InChI=1S/C22H24N4O3S/c1-28-16-7-8-17(19(13-16)29-2)23-22(27)15-5-3-11-26(14-15)21-10-9-18(24-25-21)20-6-4-12-30-20/h4,6-10,12-13,15H,3,5,11,14H2,1-2H3,(H,23,27). The summed E-state index contributed by atoms with van der Waals surface area (Å²) < 4.78 is 10.6. The highest BCUT2D eigenvalue weighted by atomic mass is 32.1. The number of rotatable bonds is 6. The molecule has 0 saturated carbocycles. The van der Waals surface area contributed by atoms with E-state index in [0.29, 0.717) is 23.7 Å². The van der Waals surface area contributed by atoms with Gasteiger partial charge in [-0.05, 0) is 48.6 Å². The minimum Gasteiger partial charge on any atom is -0.497 e. The van der Waals surface area contributed by atoms with Gasteiger partial charge in [-0.2, -0.15) is 0 Å². The van der Waals surface area contributed by atoms with Gasteiger partial charge in [-0.3, -0.25) is 4.79 Å². The minimum absolute atomic E-state index is 0.0219. The van der Waals surface area contributed by atoms with E-state index in [0.717, 1.165) is 35.8 Å². The molecule has 0 bridgehead atoms. The van der Waals surface area contributed by atoms with E-state index in [9.17, 15) is 4.79 Å². The third kappa shape index (κ3) is 4.38. The van der Waals surface area contributed by atoms with Gasteiger partial charge in [0, 0.05) is 19.2 Å². The summed E-state index contributed by atoms with van der Waals surface area (Å²) in [7, 11) is 3.17. The lowest BCUT2D eigenvalue weighted by molar-refractivity contribution is -0.120. The molecule has 1 amide bonds. The molecular formula is C22H24N4O3S. The Labute approximate surface area is 179 Å². The lowest BCUT2D eigenvalue weighted by Gasteiger charge is -2.32. The molecule has 0 spiro atoms. The molecule has 156 valence electrons. The third-order valence-electron chi connectivity index (χ3n) is 5.21. The number of ether oxygens (including phenoxy) is 2. The number of hydrogen-bond acceptors (Lipinski definition) is 7. The van der Waals surface area contributed by atoms with Crippen LogP contribution in [0.2, 0.25) is 0 Å². The van der Waals surface area contributed by atoms with Gasteiger partial charge in [-0.1, -0.05) is 6.07 Å². The molecule has 3 heterocycles. The number of hydrogen-bond donors (Lipinski definition) is 1. The van der Waals surface area contributed by atoms with Gasteiger partial charge in [0.2, 0.25) is 5.91 Å². The molecule has 7 nitrogen and oxygen atoms in total. The lowest BCUT2D eigenvalue weighted by atomic mass is 9.97. The second-order valence-corrected chi connectivity index (χ2v) is 8.04. The zero-order valence-corrected chi connectivity index (χ0v) is 17.8. The summed E-state index contributed by atoms with van der Waals surface area (Å²) in [4.78, 5) is 16.1. The molecule has 3 aromatic rings. The second-order valence-electron chi connectivity index (χ2n) is 7.09. The predicted molar refractivity (Wildman–Crippen MR) is 118 cm³/mol. The average Bonchev–Trinajstić information content (AvgIpc) is 3.34. The normalized spacial score (nSPS) is 16.2. The smallest absolute Gasteiger partial charge is 0.229 e. The van der Waals surface area contributed by atoms with Crippen LogP contribution in [0.15, 0.2) is 47.8 Å². The molecule has 1 atom stereocenters. The summed E-state index contributed by atoms with van der Waals surface area (Å²) in [5, 5.41) is 13.8. The van der Waals surface area contributed by atoms with Crippen molar-refractivity contribution in [2.75, 3.05) is 37.5 Å². The summed E-state index contributed by atoms with van der Waals surface area (Å²) in [5.41, 5.74) is 1.51. The molecule has 1 saturated heterocycles. The molecule has 0 aliphatic carbocycles. The van der Waals surface area contributed by atoms with E-state index >= 15 is 0 Å². The van der Waals surface area contributed by atoms with Crippen LogP contribution in [0.25, 0.3) is 10.6 Å². The molecule has 1 aliphatic rings. The van der Waals surface area contributed by atoms with Crippen molar-refractivity contribution in [3.63, 3.8) is 0 Å². The van der Waals surface area contributed by atoms with E-state index in [1.54, 1.807) is 43.8 Å². The number of benzene rings is 1. The van der Waals surface area contributed by atoms with Crippen LogP contribution in [0.3, 0.4) is 0 Å². The summed E-state index contributed by atoms with van der Waals surface area (Å²) in [6.45, 7) is 1.47. The fraction of sp³-hybridized carbons (Fsp3) is 0.318. The minimum atomic E-state index is -0.135. The number of nitrogens with zero attached hydrogens (tertiary/aromatic N) is 3. The zero-order chi connectivity index (χ0) is 20.9. The van der Waals surface area contributed by atoms with Gasteiger partial charge < -0.3 is 19.7 Å². The SMILES string of the molecule is COc1ccc(NC(=O)C2CCCN(c3ccc(-c4cccs4)nn3)C2)c(OC)c1. The van der Waals surface area contributed by atoms with E-state index in [1.807, 2.05) is 29.6 Å². The first kappa shape index (κ1) is 20.2. The molecular weight excluding hydrogens is 400 g/mol. The third-order valence-corrected chi connectivity index (χ3v) is 6.10. The Kier molecular flexibility index (Phi) is 6.13. The molecule has 1 N–H and O–H groups in total. The summed E-state index contributed by atoms with van der Waals surface area (Å²) >= 11 is 1.64. The number of amides is 1. The van der Waals surface area contributed by atoms with E-state index in [-0.39, 0.29) is 11.8 Å². The Hall–Kier alpha value is -3.13. The molecule has 1 fully saturated rings. The monoisotopic (exact) mass is 424 g/mol. The Morgan fingerprint density at radius 1 is 1.17 bits per heavy atom. The molecule has 1 aromatic carbocycles. The van der Waals surface area contributed by atoms with E-state index in [4.69, 9.17) is 9.47 Å². The lowest BCUT2D eigenvalue weighted by Crippen LogP contribution is -2.41. The Morgan fingerprint density at radius 2 is 2.07 bits per heavy atom. The first-order chi connectivity index (χ1) is 14.7. The van der Waals surface area contributed by atoms with Gasteiger partial charge in [0.15, 0.2) is 5.82 Å². The van der Waals surface area contributed by atoms with Crippen LogP contribution < -0.4 is 19.7 Å². The fourth-order valence-corrected chi connectivity index (χ4v) is 4.28. The van der Waals surface area contributed by atoms with Gasteiger partial charge in [0.1, 0.15) is 17.2 Å². The largest absolute Gasteiger partial charge is 0.497 e. The molecule has 2 aromatic heterocycles. The van der Waals surface area contributed by atoms with Gasteiger partial charge in [0.05, 0.1) is 30.7 Å². The van der Waals surface area contributed by atoms with Crippen LogP contribution in [-0.2, 0) is 4.79 Å². The quantitative estimate of drug-likeness (QED) is 0.643. The first-order valence-electron chi connectivity index (χ1n) is 9.83. The number of carbonyl (C=O) groups excluding carboxylic acids is 1. The second kappa shape index (κ2) is 9.13. The molecule has 1 aliphatic heterocycles. The maximum atomic E-state index is 12.9. The van der Waals surface area contributed by atoms with E-state index < -0.39 is 0 Å². The number of nitrogens with one attached hydrogen (secondary N) is 1. The Balaban J connectivity index is 1.43. The molecule has 1 unspecified atom stereocenters. The number of anilines is 2. The number of carbonyl (C=O) groups is 1. The average molecular weight is 425 g/mol. The number of methoxy groups -OCH3 is 2. The number of thiophene rings is 1. The van der Waals surface area contributed by atoms with Gasteiger partial charge in [-0.15, -0.1) is 21.5 Å². The van der Waals surface area contributed by atoms with Gasteiger partial charge >= 0.3 is 0 Å². The van der Waals surface area contributed by atoms with Crippen LogP contribution in [0.5, 0.6) is 11.5 Å². The Morgan fingerprint density at radius 3 is 2.77 bits per heavy atom. The molecule has 8 heteroatoms. The maximum absolute atomic E-state index is 12.9.